The number of para-hydroxylation sites is 1. The molecule has 0 fully saturated rings. The Morgan fingerprint density at radius 1 is 1.16 bits per heavy atom. The summed E-state index contributed by atoms with van der Waals surface area (Å²) in [5.41, 5.74) is 0.851. The first kappa shape index (κ1) is 16.5. The Bertz CT molecular complexity index is 981. The molecule has 0 saturated carbocycles. The molecule has 1 aromatic heterocycles. The summed E-state index contributed by atoms with van der Waals surface area (Å²) in [6.07, 6.45) is 0. The number of benzene rings is 2. The molecule has 7 nitrogen and oxygen atoms in total. The zero-order valence-electron chi connectivity index (χ0n) is 13.8. The number of hydrogen-bond donors (Lipinski definition) is 2. The summed E-state index contributed by atoms with van der Waals surface area (Å²) in [5.74, 6) is 0.710. The van der Waals surface area contributed by atoms with Crippen LogP contribution in [0, 0.1) is 0 Å². The number of methoxy groups -OCH3 is 2. The van der Waals surface area contributed by atoms with Gasteiger partial charge in [-0.05, 0) is 24.3 Å². The minimum absolute atomic E-state index is 0.0439. The van der Waals surface area contributed by atoms with E-state index in [1.807, 2.05) is 24.3 Å². The first-order valence-electron chi connectivity index (χ1n) is 7.60. The van der Waals surface area contributed by atoms with Crippen molar-refractivity contribution in [2.24, 2.45) is 0 Å². The second kappa shape index (κ2) is 7.04. The monoisotopic (exact) mass is 339 g/mol. The number of carbonyl (C=O) groups excluding carboxylic acids is 1. The van der Waals surface area contributed by atoms with Crippen LogP contribution in [0.4, 0.5) is 0 Å². The molecule has 0 radical (unpaired) electrons. The maximum Gasteiger partial charge on any atom is 0.287 e. The topological polar surface area (TPSA) is 93.3 Å². The predicted molar refractivity (Wildman–Crippen MR) is 93.1 cm³/mol. The van der Waals surface area contributed by atoms with Gasteiger partial charge in [0.15, 0.2) is 5.82 Å². The Morgan fingerprint density at radius 3 is 2.72 bits per heavy atom. The van der Waals surface area contributed by atoms with Crippen molar-refractivity contribution in [1.29, 1.82) is 0 Å². The van der Waals surface area contributed by atoms with E-state index in [-0.39, 0.29) is 12.4 Å². The van der Waals surface area contributed by atoms with Crippen LogP contribution in [0.1, 0.15) is 16.2 Å². The number of H-pyrrole nitrogens is 1. The van der Waals surface area contributed by atoms with Crippen LogP contribution in [0.3, 0.4) is 0 Å². The molecular formula is C18H17N3O4. The molecule has 25 heavy (non-hydrogen) atoms. The molecule has 0 spiro atoms. The van der Waals surface area contributed by atoms with E-state index in [9.17, 15) is 9.59 Å². The lowest BCUT2D eigenvalue weighted by atomic mass is 10.2. The first-order valence-corrected chi connectivity index (χ1v) is 7.60. The number of hydrogen-bond acceptors (Lipinski definition) is 5. The van der Waals surface area contributed by atoms with Crippen LogP contribution in [0.2, 0.25) is 0 Å². The van der Waals surface area contributed by atoms with Crippen LogP contribution in [-0.2, 0) is 6.54 Å². The van der Waals surface area contributed by atoms with E-state index in [0.29, 0.717) is 22.4 Å². The fourth-order valence-electron chi connectivity index (χ4n) is 2.46. The summed E-state index contributed by atoms with van der Waals surface area (Å²) in [5, 5.41) is 3.09. The second-order valence-electron chi connectivity index (χ2n) is 5.29. The Morgan fingerprint density at radius 2 is 1.96 bits per heavy atom. The molecule has 1 amide bonds. The third-order valence-corrected chi connectivity index (χ3v) is 3.76. The van der Waals surface area contributed by atoms with E-state index in [2.05, 4.69) is 15.3 Å². The largest absolute Gasteiger partial charge is 0.497 e. The number of fused-ring (bicyclic) bond motifs is 1. The van der Waals surface area contributed by atoms with Gasteiger partial charge in [0.05, 0.1) is 25.1 Å². The van der Waals surface area contributed by atoms with Gasteiger partial charge in [-0.2, -0.15) is 0 Å². The highest BCUT2D eigenvalue weighted by atomic mass is 16.5. The van der Waals surface area contributed by atoms with E-state index < -0.39 is 11.5 Å². The molecule has 0 aliphatic heterocycles. The smallest absolute Gasteiger partial charge is 0.287 e. The molecule has 0 bridgehead atoms. The molecule has 2 N–H and O–H groups in total. The van der Waals surface area contributed by atoms with Crippen molar-refractivity contribution in [2.75, 3.05) is 14.2 Å². The molecule has 2 aromatic carbocycles. The molecule has 3 aromatic rings. The lowest BCUT2D eigenvalue weighted by Crippen LogP contribution is -2.27. The van der Waals surface area contributed by atoms with Gasteiger partial charge in [-0.15, -0.1) is 0 Å². The zero-order valence-corrected chi connectivity index (χ0v) is 13.8. The number of carbonyl (C=O) groups is 1. The van der Waals surface area contributed by atoms with Crippen LogP contribution in [0.5, 0.6) is 11.5 Å². The molecule has 0 aliphatic rings. The van der Waals surface area contributed by atoms with Crippen molar-refractivity contribution in [3.05, 3.63) is 64.2 Å². The molecule has 0 unspecified atom stereocenters. The quantitative estimate of drug-likeness (QED) is 0.740. The highest BCUT2D eigenvalue weighted by Gasteiger charge is 2.12. The lowest BCUT2D eigenvalue weighted by Gasteiger charge is -2.09. The molecule has 0 saturated heterocycles. The summed E-state index contributed by atoms with van der Waals surface area (Å²) < 4.78 is 10.3. The average Bonchev–Trinajstić information content (AvgIpc) is 2.65. The maximum absolute atomic E-state index is 12.3. The van der Waals surface area contributed by atoms with E-state index in [1.54, 1.807) is 25.3 Å². The molecule has 128 valence electrons. The van der Waals surface area contributed by atoms with Crippen molar-refractivity contribution in [1.82, 2.24) is 15.3 Å². The van der Waals surface area contributed by atoms with Crippen molar-refractivity contribution >= 4 is 16.8 Å². The van der Waals surface area contributed by atoms with Crippen molar-refractivity contribution in [2.45, 2.75) is 6.54 Å². The van der Waals surface area contributed by atoms with Crippen LogP contribution < -0.4 is 20.3 Å². The Balaban J connectivity index is 1.84. The summed E-state index contributed by atoms with van der Waals surface area (Å²) in [7, 11) is 3.08. The van der Waals surface area contributed by atoms with Crippen LogP contribution >= 0.6 is 0 Å². The third kappa shape index (κ3) is 3.45. The van der Waals surface area contributed by atoms with Gasteiger partial charge in [-0.25, -0.2) is 4.98 Å². The second-order valence-corrected chi connectivity index (χ2v) is 5.29. The van der Waals surface area contributed by atoms with Crippen LogP contribution in [-0.4, -0.2) is 30.1 Å². The first-order chi connectivity index (χ1) is 12.1. The van der Waals surface area contributed by atoms with Gasteiger partial charge in [0.2, 0.25) is 0 Å². The molecule has 7 heteroatoms. The minimum atomic E-state index is -0.472. The van der Waals surface area contributed by atoms with Crippen LogP contribution in [0.25, 0.3) is 10.9 Å². The number of nitrogens with one attached hydrogen (secondary N) is 2. The van der Waals surface area contributed by atoms with E-state index in [0.717, 1.165) is 5.56 Å². The highest BCUT2D eigenvalue weighted by molar-refractivity contribution is 5.92. The van der Waals surface area contributed by atoms with E-state index >= 15 is 0 Å². The summed E-state index contributed by atoms with van der Waals surface area (Å²) in [6, 6.07) is 12.3. The van der Waals surface area contributed by atoms with Gasteiger partial charge >= 0.3 is 0 Å². The van der Waals surface area contributed by atoms with Gasteiger partial charge in [0.25, 0.3) is 11.5 Å². The van der Waals surface area contributed by atoms with Crippen molar-refractivity contribution in [3.8, 4) is 11.5 Å². The van der Waals surface area contributed by atoms with Crippen molar-refractivity contribution in [3.63, 3.8) is 0 Å². The number of aromatic nitrogens is 2. The number of ether oxygens (including phenoxy) is 2. The lowest BCUT2D eigenvalue weighted by molar-refractivity contribution is 0.0940. The van der Waals surface area contributed by atoms with Gasteiger partial charge in [0.1, 0.15) is 11.5 Å². The Labute approximate surface area is 143 Å². The Hall–Kier alpha value is -3.35. The van der Waals surface area contributed by atoms with Gasteiger partial charge in [-0.1, -0.05) is 18.2 Å². The summed E-state index contributed by atoms with van der Waals surface area (Å²) in [6.45, 7) is 0.257. The average molecular weight is 339 g/mol. The maximum atomic E-state index is 12.3. The molecule has 0 aliphatic carbocycles. The number of rotatable bonds is 5. The molecule has 1 heterocycles. The predicted octanol–water partition coefficient (Wildman–Crippen LogP) is 1.87. The fraction of sp³-hybridized carbons (Fsp3) is 0.167. The normalized spacial score (nSPS) is 10.5. The third-order valence-electron chi connectivity index (χ3n) is 3.76. The molecule has 0 atom stereocenters. The van der Waals surface area contributed by atoms with Gasteiger partial charge < -0.3 is 19.8 Å². The highest BCUT2D eigenvalue weighted by Crippen LogP contribution is 2.17. The van der Waals surface area contributed by atoms with Crippen molar-refractivity contribution < 1.29 is 14.3 Å². The molecule has 3 rings (SSSR count). The van der Waals surface area contributed by atoms with E-state index in [1.165, 1.54) is 7.11 Å². The zero-order chi connectivity index (χ0) is 17.8. The minimum Gasteiger partial charge on any atom is -0.497 e. The molecular weight excluding hydrogens is 322 g/mol. The van der Waals surface area contributed by atoms with Gasteiger partial charge in [-0.3, -0.25) is 9.59 Å². The van der Waals surface area contributed by atoms with Gasteiger partial charge in [0, 0.05) is 12.1 Å². The fourth-order valence-corrected chi connectivity index (χ4v) is 2.46. The van der Waals surface area contributed by atoms with Crippen LogP contribution in [0.15, 0.2) is 47.3 Å². The summed E-state index contributed by atoms with van der Waals surface area (Å²) in [4.78, 5) is 31.2. The standard InChI is InChI=1S/C18H17N3O4/c1-24-12-7-8-14-13(9-12)17(22)21-16(20-14)18(23)19-10-11-5-3-4-6-15(11)25-2/h3-9H,10H2,1-2H3,(H,19,23)(H,20,21,22). The Kier molecular flexibility index (Phi) is 4.65. The number of amides is 1. The number of nitrogens with zero attached hydrogens (tertiary/aromatic N) is 1. The summed E-state index contributed by atoms with van der Waals surface area (Å²) >= 11 is 0. The van der Waals surface area contributed by atoms with E-state index in [4.69, 9.17) is 9.47 Å². The number of aromatic amines is 1. The SMILES string of the molecule is COc1ccc2nc(C(=O)NCc3ccccc3OC)[nH]c(=O)c2c1.